The van der Waals surface area contributed by atoms with E-state index in [1.54, 1.807) is 4.57 Å². The van der Waals surface area contributed by atoms with E-state index in [0.717, 1.165) is 27.2 Å². The molecular formula is C15H13NO. The van der Waals surface area contributed by atoms with Gasteiger partial charge in [-0.3, -0.25) is 4.79 Å². The molecule has 2 heteroatoms. The van der Waals surface area contributed by atoms with Gasteiger partial charge in [0.05, 0.1) is 10.9 Å². The van der Waals surface area contributed by atoms with Gasteiger partial charge in [-0.05, 0) is 23.9 Å². The third-order valence-corrected chi connectivity index (χ3v) is 3.35. The zero-order chi connectivity index (χ0) is 12.0. The highest BCUT2D eigenvalue weighted by atomic mass is 16.1. The van der Waals surface area contributed by atoms with Crippen LogP contribution in [-0.2, 0) is 7.05 Å². The second-order valence-electron chi connectivity index (χ2n) is 4.38. The van der Waals surface area contributed by atoms with Gasteiger partial charge in [-0.2, -0.15) is 0 Å². The Balaban J connectivity index is 2.76. The van der Waals surface area contributed by atoms with E-state index in [-0.39, 0.29) is 5.56 Å². The van der Waals surface area contributed by atoms with Crippen LogP contribution in [0.25, 0.3) is 21.7 Å². The number of aromatic nitrogens is 1. The molecule has 0 saturated carbocycles. The number of para-hydroxylation sites is 1. The van der Waals surface area contributed by atoms with Gasteiger partial charge in [0.15, 0.2) is 0 Å². The van der Waals surface area contributed by atoms with Crippen molar-refractivity contribution in [1.29, 1.82) is 0 Å². The molecule has 0 saturated heterocycles. The number of fused-ring (bicyclic) bond motifs is 3. The molecular weight excluding hydrogens is 210 g/mol. The molecule has 0 aliphatic heterocycles. The molecule has 0 spiro atoms. The first-order valence-electron chi connectivity index (χ1n) is 5.67. The highest BCUT2D eigenvalue weighted by Crippen LogP contribution is 2.23. The summed E-state index contributed by atoms with van der Waals surface area (Å²) in [6.07, 6.45) is 0. The number of nitrogens with zero attached hydrogens (tertiary/aromatic N) is 1. The maximum Gasteiger partial charge on any atom is 0.258 e. The van der Waals surface area contributed by atoms with Crippen molar-refractivity contribution in [2.75, 3.05) is 0 Å². The van der Waals surface area contributed by atoms with Crippen molar-refractivity contribution in [3.8, 4) is 0 Å². The summed E-state index contributed by atoms with van der Waals surface area (Å²) in [6.45, 7) is 1.98. The Bertz CT molecular complexity index is 784. The van der Waals surface area contributed by atoms with Crippen molar-refractivity contribution in [2.45, 2.75) is 6.92 Å². The summed E-state index contributed by atoms with van der Waals surface area (Å²) in [5.74, 6) is 0. The summed E-state index contributed by atoms with van der Waals surface area (Å²) >= 11 is 0. The summed E-state index contributed by atoms with van der Waals surface area (Å²) in [4.78, 5) is 12.3. The Morgan fingerprint density at radius 2 is 1.65 bits per heavy atom. The molecule has 84 valence electrons. The van der Waals surface area contributed by atoms with Crippen LogP contribution in [0.15, 0.2) is 47.3 Å². The number of aryl methyl sites for hydroxylation is 2. The van der Waals surface area contributed by atoms with Crippen LogP contribution < -0.4 is 5.56 Å². The van der Waals surface area contributed by atoms with E-state index >= 15 is 0 Å². The van der Waals surface area contributed by atoms with E-state index in [9.17, 15) is 4.79 Å². The number of benzene rings is 2. The molecule has 0 N–H and O–H groups in total. The smallest absolute Gasteiger partial charge is 0.258 e. The molecule has 2 aromatic carbocycles. The molecule has 0 unspecified atom stereocenters. The van der Waals surface area contributed by atoms with Gasteiger partial charge in [0.2, 0.25) is 0 Å². The molecule has 0 bridgehead atoms. The summed E-state index contributed by atoms with van der Waals surface area (Å²) in [5.41, 5.74) is 2.10. The molecule has 1 heterocycles. The second-order valence-corrected chi connectivity index (χ2v) is 4.38. The Kier molecular flexibility index (Phi) is 2.05. The lowest BCUT2D eigenvalue weighted by Gasteiger charge is -2.10. The Hall–Kier alpha value is -2.09. The fourth-order valence-corrected chi connectivity index (χ4v) is 2.45. The molecule has 3 aromatic rings. The lowest BCUT2D eigenvalue weighted by Crippen LogP contribution is -2.18. The fourth-order valence-electron chi connectivity index (χ4n) is 2.45. The first-order valence-corrected chi connectivity index (χ1v) is 5.67. The average Bonchev–Trinajstić information content (AvgIpc) is 2.36. The van der Waals surface area contributed by atoms with Crippen molar-refractivity contribution in [1.82, 2.24) is 4.57 Å². The average molecular weight is 223 g/mol. The predicted molar refractivity (Wildman–Crippen MR) is 71.4 cm³/mol. The van der Waals surface area contributed by atoms with Crippen molar-refractivity contribution in [3.63, 3.8) is 0 Å². The summed E-state index contributed by atoms with van der Waals surface area (Å²) in [5, 5.41) is 3.01. The van der Waals surface area contributed by atoms with Crippen molar-refractivity contribution < 1.29 is 0 Å². The Morgan fingerprint density at radius 1 is 0.941 bits per heavy atom. The van der Waals surface area contributed by atoms with E-state index in [4.69, 9.17) is 0 Å². The molecule has 0 aliphatic rings. The fraction of sp³-hybridized carbons (Fsp3) is 0.133. The van der Waals surface area contributed by atoms with Crippen LogP contribution in [0.2, 0.25) is 0 Å². The van der Waals surface area contributed by atoms with Gasteiger partial charge in [-0.25, -0.2) is 0 Å². The molecule has 0 atom stereocenters. The minimum atomic E-state index is 0.0804. The highest BCUT2D eigenvalue weighted by Gasteiger charge is 2.08. The minimum absolute atomic E-state index is 0.0804. The quantitative estimate of drug-likeness (QED) is 0.537. The van der Waals surface area contributed by atoms with E-state index in [0.29, 0.717) is 0 Å². The van der Waals surface area contributed by atoms with Crippen molar-refractivity contribution in [2.24, 2.45) is 7.05 Å². The molecule has 0 amide bonds. The van der Waals surface area contributed by atoms with E-state index in [1.165, 1.54) is 0 Å². The largest absolute Gasteiger partial charge is 0.311 e. The maximum absolute atomic E-state index is 12.3. The maximum atomic E-state index is 12.3. The first kappa shape index (κ1) is 10.1. The predicted octanol–water partition coefficient (Wildman–Crippen LogP) is 3.00. The third kappa shape index (κ3) is 1.30. The molecule has 1 aromatic heterocycles. The lowest BCUT2D eigenvalue weighted by molar-refractivity contribution is 0.917. The zero-order valence-electron chi connectivity index (χ0n) is 9.90. The van der Waals surface area contributed by atoms with Gasteiger partial charge in [-0.15, -0.1) is 0 Å². The van der Waals surface area contributed by atoms with E-state index in [2.05, 4.69) is 6.07 Å². The Labute approximate surface area is 99.1 Å². The Morgan fingerprint density at radius 3 is 2.47 bits per heavy atom. The summed E-state index contributed by atoms with van der Waals surface area (Å²) < 4.78 is 1.73. The number of hydrogen-bond donors (Lipinski definition) is 0. The lowest BCUT2D eigenvalue weighted by atomic mass is 10.0. The monoisotopic (exact) mass is 223 g/mol. The highest BCUT2D eigenvalue weighted by molar-refractivity contribution is 6.06. The molecule has 2 nitrogen and oxygen atoms in total. The first-order chi connectivity index (χ1) is 8.20. The van der Waals surface area contributed by atoms with Crippen molar-refractivity contribution >= 4 is 21.7 Å². The standard InChI is InChI=1S/C15H13NO/c1-10-6-5-8-12-11-7-3-4-9-13(11)16(2)15(17)14(10)12/h3-9H,1-2H3. The van der Waals surface area contributed by atoms with E-state index in [1.807, 2.05) is 50.4 Å². The van der Waals surface area contributed by atoms with Crippen molar-refractivity contribution in [3.05, 3.63) is 58.4 Å². The van der Waals surface area contributed by atoms with Crippen LogP contribution in [-0.4, -0.2) is 4.57 Å². The third-order valence-electron chi connectivity index (χ3n) is 3.35. The van der Waals surface area contributed by atoms with Crippen LogP contribution in [0.3, 0.4) is 0 Å². The molecule has 3 rings (SSSR count). The van der Waals surface area contributed by atoms with Gasteiger partial charge in [0.1, 0.15) is 0 Å². The molecule has 0 fully saturated rings. The van der Waals surface area contributed by atoms with Gasteiger partial charge < -0.3 is 4.57 Å². The van der Waals surface area contributed by atoms with Gasteiger partial charge >= 0.3 is 0 Å². The topological polar surface area (TPSA) is 22.0 Å². The number of pyridine rings is 1. The normalized spacial score (nSPS) is 11.2. The molecule has 17 heavy (non-hydrogen) atoms. The summed E-state index contributed by atoms with van der Waals surface area (Å²) in [7, 11) is 1.83. The van der Waals surface area contributed by atoms with Gasteiger partial charge in [0.25, 0.3) is 5.56 Å². The minimum Gasteiger partial charge on any atom is -0.311 e. The SMILES string of the molecule is Cc1cccc2c1c(=O)n(C)c1ccccc21. The number of rotatable bonds is 0. The second kappa shape index (κ2) is 3.45. The number of hydrogen-bond acceptors (Lipinski definition) is 1. The van der Waals surface area contributed by atoms with Crippen LogP contribution >= 0.6 is 0 Å². The van der Waals surface area contributed by atoms with Gasteiger partial charge in [-0.1, -0.05) is 36.4 Å². The van der Waals surface area contributed by atoms with E-state index < -0.39 is 0 Å². The van der Waals surface area contributed by atoms with Crippen LogP contribution in [0.4, 0.5) is 0 Å². The van der Waals surface area contributed by atoms with Crippen LogP contribution in [0, 0.1) is 6.92 Å². The summed E-state index contributed by atoms with van der Waals surface area (Å²) in [6, 6.07) is 14.0. The van der Waals surface area contributed by atoms with Crippen LogP contribution in [0.5, 0.6) is 0 Å². The van der Waals surface area contributed by atoms with Crippen LogP contribution in [0.1, 0.15) is 5.56 Å². The van der Waals surface area contributed by atoms with Gasteiger partial charge in [0, 0.05) is 12.4 Å². The molecule has 0 aliphatic carbocycles. The molecule has 0 radical (unpaired) electrons. The zero-order valence-corrected chi connectivity index (χ0v) is 9.90.